The molecule has 0 unspecified atom stereocenters. The smallest absolute Gasteiger partial charge is 1.00 e. The molecular formula is C17H27Cl2Zr. The quantitative estimate of drug-likeness (QED) is 0.600. The van der Waals surface area contributed by atoms with Crippen LogP contribution < -0.4 is 24.8 Å². The zero-order valence-corrected chi connectivity index (χ0v) is 17.2. The van der Waals surface area contributed by atoms with Crippen LogP contribution in [0.1, 0.15) is 66.2 Å². The first-order valence-corrected chi connectivity index (χ1v) is 8.76. The van der Waals surface area contributed by atoms with E-state index in [1.807, 2.05) is 0 Å². The van der Waals surface area contributed by atoms with Gasteiger partial charge in [0.05, 0.1) is 0 Å². The van der Waals surface area contributed by atoms with Crippen LogP contribution in [0.5, 0.6) is 0 Å². The van der Waals surface area contributed by atoms with Crippen LogP contribution in [0, 0.1) is 16.7 Å². The molecule has 2 aliphatic carbocycles. The average molecular weight is 394 g/mol. The minimum Gasteiger partial charge on any atom is -1.00 e. The van der Waals surface area contributed by atoms with Crippen molar-refractivity contribution in [3.05, 3.63) is 21.0 Å². The molecule has 0 radical (unpaired) electrons. The second-order valence-corrected chi connectivity index (χ2v) is 8.50. The molecule has 20 heavy (non-hydrogen) atoms. The van der Waals surface area contributed by atoms with E-state index in [9.17, 15) is 0 Å². The van der Waals surface area contributed by atoms with Gasteiger partial charge in [-0.25, -0.2) is 0 Å². The van der Waals surface area contributed by atoms with E-state index in [0.717, 1.165) is 5.92 Å². The van der Waals surface area contributed by atoms with E-state index in [2.05, 4.69) is 39.8 Å². The maximum atomic E-state index is 2.52. The fraction of sp³-hybridized carbons (Fsp3) is 0.765. The molecular weight excluding hydrogens is 366 g/mol. The molecule has 0 saturated heterocycles. The van der Waals surface area contributed by atoms with Crippen LogP contribution in [-0.2, 0) is 24.7 Å². The molecule has 1 fully saturated rings. The third kappa shape index (κ3) is 3.47. The maximum absolute atomic E-state index is 2.52. The van der Waals surface area contributed by atoms with Crippen molar-refractivity contribution in [2.24, 2.45) is 16.7 Å². The maximum Gasteiger partial charge on any atom is -1.00 e. The van der Waals surface area contributed by atoms with Gasteiger partial charge in [-0.2, -0.15) is 0 Å². The van der Waals surface area contributed by atoms with Gasteiger partial charge in [0.2, 0.25) is 0 Å². The molecule has 0 nitrogen and oxygen atoms in total. The molecule has 0 atom stereocenters. The van der Waals surface area contributed by atoms with Gasteiger partial charge in [-0.05, 0) is 0 Å². The summed E-state index contributed by atoms with van der Waals surface area (Å²) in [6.45, 7) is 9.87. The zero-order chi connectivity index (χ0) is 13.4. The summed E-state index contributed by atoms with van der Waals surface area (Å²) in [6.07, 6.45) is 13.2. The Bertz CT molecular complexity index is 374. The first-order valence-electron chi connectivity index (χ1n) is 7.53. The number of hydrogen-bond acceptors (Lipinski definition) is 0. The van der Waals surface area contributed by atoms with E-state index in [1.165, 1.54) is 38.5 Å². The molecule has 1 saturated carbocycles. The molecule has 0 bridgehead atoms. The van der Waals surface area contributed by atoms with Crippen LogP contribution in [0.25, 0.3) is 0 Å². The molecule has 2 aliphatic rings. The van der Waals surface area contributed by atoms with Gasteiger partial charge in [0, 0.05) is 0 Å². The average Bonchev–Trinajstić information content (AvgIpc) is 2.76. The van der Waals surface area contributed by atoms with Crippen LogP contribution in [-0.4, -0.2) is 0 Å². The van der Waals surface area contributed by atoms with E-state index >= 15 is 0 Å². The van der Waals surface area contributed by atoms with Gasteiger partial charge >= 0.3 is 129 Å². The van der Waals surface area contributed by atoms with Crippen molar-refractivity contribution in [2.75, 3.05) is 0 Å². The minimum absolute atomic E-state index is 0. The summed E-state index contributed by atoms with van der Waals surface area (Å²) in [5.41, 5.74) is 2.61. The van der Waals surface area contributed by atoms with Gasteiger partial charge in [-0.1, -0.05) is 0 Å². The Hall–Kier alpha value is 0.943. The summed E-state index contributed by atoms with van der Waals surface area (Å²) in [5.74, 6) is 0.751. The summed E-state index contributed by atoms with van der Waals surface area (Å²) in [5, 5.41) is 0. The Morgan fingerprint density at radius 1 is 1.10 bits per heavy atom. The second-order valence-electron chi connectivity index (χ2n) is 7.02. The molecule has 113 valence electrons. The van der Waals surface area contributed by atoms with Crippen LogP contribution in [0.4, 0.5) is 0 Å². The number of halogens is 2. The van der Waals surface area contributed by atoms with Crippen molar-refractivity contribution in [1.29, 1.82) is 0 Å². The van der Waals surface area contributed by atoms with Gasteiger partial charge in [-0.3, -0.25) is 0 Å². The number of hydrogen-bond donors (Lipinski definition) is 0. The second kappa shape index (κ2) is 7.98. The van der Waals surface area contributed by atoms with Gasteiger partial charge in [0.1, 0.15) is 0 Å². The Morgan fingerprint density at radius 2 is 1.65 bits per heavy atom. The van der Waals surface area contributed by atoms with Crippen molar-refractivity contribution in [3.63, 3.8) is 0 Å². The van der Waals surface area contributed by atoms with Crippen LogP contribution in [0.3, 0.4) is 0 Å². The fourth-order valence-electron chi connectivity index (χ4n) is 3.92. The molecule has 0 heterocycles. The number of rotatable bonds is 3. The van der Waals surface area contributed by atoms with E-state index in [1.54, 1.807) is 33.6 Å². The largest absolute Gasteiger partial charge is 1.00 e. The third-order valence-electron chi connectivity index (χ3n) is 5.83. The Labute approximate surface area is 152 Å². The molecule has 0 amide bonds. The zero-order valence-electron chi connectivity index (χ0n) is 13.2. The molecule has 2 rings (SSSR count). The summed E-state index contributed by atoms with van der Waals surface area (Å²) < 4.78 is 1.72. The van der Waals surface area contributed by atoms with E-state index in [4.69, 9.17) is 0 Å². The SMILES string of the molecule is CC(C)C(C)(C)C1(C2=[C]([Zr+2])CC=C2)CCCCC1.[Cl-].[Cl-]. The van der Waals surface area contributed by atoms with E-state index in [0.29, 0.717) is 10.8 Å². The summed E-state index contributed by atoms with van der Waals surface area (Å²) in [6, 6.07) is 0. The molecule has 0 aromatic rings. The molecule has 0 N–H and O–H groups in total. The van der Waals surface area contributed by atoms with Gasteiger partial charge in [-0.15, -0.1) is 0 Å². The molecule has 0 aromatic carbocycles. The third-order valence-corrected chi connectivity index (χ3v) is 6.99. The van der Waals surface area contributed by atoms with Crippen LogP contribution in [0.2, 0.25) is 0 Å². The van der Waals surface area contributed by atoms with Crippen LogP contribution in [0.15, 0.2) is 21.0 Å². The summed E-state index contributed by atoms with van der Waals surface area (Å²) >= 11 is 1.64. The Balaban J connectivity index is 0.00000180. The first-order chi connectivity index (χ1) is 8.42. The minimum atomic E-state index is 0. The molecule has 0 aromatic heterocycles. The summed E-state index contributed by atoms with van der Waals surface area (Å²) in [4.78, 5) is 0. The fourth-order valence-corrected chi connectivity index (χ4v) is 5.00. The number of allylic oxidation sites excluding steroid dienone is 4. The topological polar surface area (TPSA) is 0 Å². The molecule has 3 heteroatoms. The normalized spacial score (nSPS) is 21.8. The van der Waals surface area contributed by atoms with Crippen molar-refractivity contribution in [3.8, 4) is 0 Å². The predicted octanol–water partition coefficient (Wildman–Crippen LogP) is -0.612. The Morgan fingerprint density at radius 3 is 2.05 bits per heavy atom. The van der Waals surface area contributed by atoms with E-state index in [-0.39, 0.29) is 24.8 Å². The summed E-state index contributed by atoms with van der Waals surface area (Å²) in [7, 11) is 0. The first kappa shape index (κ1) is 20.9. The molecule has 0 aliphatic heterocycles. The standard InChI is InChI=1S/C17H27.2ClH.Zr/c1-14(2)16(3,4)17(12-8-5-9-13-17)15-10-6-7-11-15;;;/h6,10,14H,5,7-9,12-13H2,1-4H3;2*1H;/q;;;+2/p-2. The van der Waals surface area contributed by atoms with Crippen LogP contribution >= 0.6 is 0 Å². The predicted molar refractivity (Wildman–Crippen MR) is 74.9 cm³/mol. The van der Waals surface area contributed by atoms with Gasteiger partial charge in [0.25, 0.3) is 0 Å². The Kier molecular flexibility index (Phi) is 8.36. The van der Waals surface area contributed by atoms with E-state index < -0.39 is 0 Å². The van der Waals surface area contributed by atoms with Gasteiger partial charge in [0.15, 0.2) is 0 Å². The van der Waals surface area contributed by atoms with Crippen molar-refractivity contribution >= 4 is 0 Å². The monoisotopic (exact) mass is 391 g/mol. The van der Waals surface area contributed by atoms with Crippen molar-refractivity contribution < 1.29 is 49.5 Å². The molecule has 0 spiro atoms. The van der Waals surface area contributed by atoms with Crippen molar-refractivity contribution in [2.45, 2.75) is 66.2 Å². The van der Waals surface area contributed by atoms with Crippen molar-refractivity contribution in [1.82, 2.24) is 0 Å². The van der Waals surface area contributed by atoms with Gasteiger partial charge < -0.3 is 24.8 Å².